The van der Waals surface area contributed by atoms with E-state index >= 15 is 0 Å². The number of nitrogen functional groups attached to an aromatic ring is 1. The molecule has 1 atom stereocenters. The van der Waals surface area contributed by atoms with E-state index < -0.39 is 10.8 Å². The molecule has 2 N–H and O–H groups in total. The smallest absolute Gasteiger partial charge is 0.123 e. The van der Waals surface area contributed by atoms with Gasteiger partial charge in [-0.15, -0.1) is 0 Å². The van der Waals surface area contributed by atoms with Crippen LogP contribution in [0.3, 0.4) is 0 Å². The number of benzene rings is 2. The maximum Gasteiger partial charge on any atom is 0.123 e. The second kappa shape index (κ2) is 5.10. The summed E-state index contributed by atoms with van der Waals surface area (Å²) in [5, 5.41) is 0. The molecule has 2 nitrogen and oxygen atoms in total. The van der Waals surface area contributed by atoms with Gasteiger partial charge in [-0.1, -0.05) is 12.1 Å². The van der Waals surface area contributed by atoms with Crippen LogP contribution in [0.15, 0.2) is 53.4 Å². The first-order valence-electron chi connectivity index (χ1n) is 5.13. The summed E-state index contributed by atoms with van der Waals surface area (Å²) in [6, 6.07) is 13.0. The highest BCUT2D eigenvalue weighted by atomic mass is 32.2. The molecular weight excluding hydrogens is 237 g/mol. The fraction of sp³-hybridized carbons (Fsp3) is 0.0769. The van der Waals surface area contributed by atoms with E-state index in [1.54, 1.807) is 36.4 Å². The minimum Gasteiger partial charge on any atom is -0.399 e. The molecule has 0 saturated heterocycles. The van der Waals surface area contributed by atoms with Gasteiger partial charge in [-0.05, 0) is 42.0 Å². The highest BCUT2D eigenvalue weighted by Gasteiger charge is 2.05. The summed E-state index contributed by atoms with van der Waals surface area (Å²) in [7, 11) is -1.13. The quantitative estimate of drug-likeness (QED) is 0.850. The average Bonchev–Trinajstić information content (AvgIpc) is 2.33. The zero-order chi connectivity index (χ0) is 12.3. The lowest BCUT2D eigenvalue weighted by Gasteiger charge is -2.03. The van der Waals surface area contributed by atoms with Gasteiger partial charge in [0.05, 0.1) is 16.6 Å². The van der Waals surface area contributed by atoms with Gasteiger partial charge in [-0.3, -0.25) is 4.21 Å². The molecule has 2 aromatic carbocycles. The van der Waals surface area contributed by atoms with Gasteiger partial charge in [-0.25, -0.2) is 4.39 Å². The Morgan fingerprint density at radius 1 is 1.00 bits per heavy atom. The van der Waals surface area contributed by atoms with Gasteiger partial charge < -0.3 is 5.73 Å². The molecule has 2 aromatic rings. The molecule has 0 saturated carbocycles. The van der Waals surface area contributed by atoms with Crippen molar-refractivity contribution in [2.24, 2.45) is 0 Å². The molecule has 2 rings (SSSR count). The van der Waals surface area contributed by atoms with E-state index in [-0.39, 0.29) is 5.82 Å². The summed E-state index contributed by atoms with van der Waals surface area (Å²) in [6.45, 7) is 0. The lowest BCUT2D eigenvalue weighted by Crippen LogP contribution is -1.97. The largest absolute Gasteiger partial charge is 0.399 e. The third-order valence-corrected chi connectivity index (χ3v) is 3.75. The van der Waals surface area contributed by atoms with Gasteiger partial charge in [0.15, 0.2) is 0 Å². The lowest BCUT2D eigenvalue weighted by molar-refractivity contribution is 0.627. The Bertz CT molecular complexity index is 522. The van der Waals surface area contributed by atoms with Gasteiger partial charge in [0.1, 0.15) is 5.82 Å². The van der Waals surface area contributed by atoms with Crippen LogP contribution in [0.25, 0.3) is 0 Å². The van der Waals surface area contributed by atoms with Gasteiger partial charge >= 0.3 is 0 Å². The number of rotatable bonds is 3. The van der Waals surface area contributed by atoms with Crippen LogP contribution >= 0.6 is 0 Å². The highest BCUT2D eigenvalue weighted by Crippen LogP contribution is 2.14. The number of hydrogen-bond donors (Lipinski definition) is 1. The summed E-state index contributed by atoms with van der Waals surface area (Å²) in [4.78, 5) is 0.725. The number of nitrogens with two attached hydrogens (primary N) is 1. The standard InChI is InChI=1S/C13H12FNOS/c14-11-3-1-10(2-4-11)9-17(16)13-7-5-12(15)6-8-13/h1-8H,9,15H2. The third-order valence-electron chi connectivity index (χ3n) is 2.35. The van der Waals surface area contributed by atoms with Crippen LogP contribution in [0.5, 0.6) is 0 Å². The molecule has 0 aromatic heterocycles. The highest BCUT2D eigenvalue weighted by molar-refractivity contribution is 7.84. The van der Waals surface area contributed by atoms with Crippen LogP contribution in [-0.2, 0) is 16.6 Å². The number of hydrogen-bond acceptors (Lipinski definition) is 2. The van der Waals surface area contributed by atoms with E-state index in [4.69, 9.17) is 5.73 Å². The molecular formula is C13H12FNOS. The van der Waals surface area contributed by atoms with Crippen LogP contribution in [0.4, 0.5) is 10.1 Å². The molecule has 0 fully saturated rings. The van der Waals surface area contributed by atoms with E-state index in [1.165, 1.54) is 12.1 Å². The fourth-order valence-corrected chi connectivity index (χ4v) is 2.54. The maximum absolute atomic E-state index is 12.7. The van der Waals surface area contributed by atoms with Crippen molar-refractivity contribution in [2.75, 3.05) is 5.73 Å². The normalized spacial score (nSPS) is 12.3. The molecule has 0 bridgehead atoms. The molecule has 0 amide bonds. The Kier molecular flexibility index (Phi) is 3.54. The van der Waals surface area contributed by atoms with Gasteiger partial charge in [-0.2, -0.15) is 0 Å². The topological polar surface area (TPSA) is 43.1 Å². The lowest BCUT2D eigenvalue weighted by atomic mass is 10.2. The molecule has 0 aliphatic carbocycles. The van der Waals surface area contributed by atoms with E-state index in [2.05, 4.69) is 0 Å². The zero-order valence-corrected chi connectivity index (χ0v) is 9.91. The van der Waals surface area contributed by atoms with Crippen molar-refractivity contribution < 1.29 is 8.60 Å². The van der Waals surface area contributed by atoms with E-state index in [9.17, 15) is 8.60 Å². The second-order valence-electron chi connectivity index (χ2n) is 3.69. The van der Waals surface area contributed by atoms with Crippen molar-refractivity contribution in [1.29, 1.82) is 0 Å². The molecule has 88 valence electrons. The molecule has 0 aliphatic heterocycles. The van der Waals surface area contributed by atoms with Crippen molar-refractivity contribution in [2.45, 2.75) is 10.6 Å². The Morgan fingerprint density at radius 2 is 1.59 bits per heavy atom. The molecule has 17 heavy (non-hydrogen) atoms. The molecule has 0 spiro atoms. The SMILES string of the molecule is Nc1ccc(S(=O)Cc2ccc(F)cc2)cc1. The van der Waals surface area contributed by atoms with E-state index in [1.807, 2.05) is 0 Å². The first-order chi connectivity index (χ1) is 8.15. The van der Waals surface area contributed by atoms with Crippen molar-refractivity contribution in [3.05, 3.63) is 59.9 Å². The van der Waals surface area contributed by atoms with Gasteiger partial charge in [0.25, 0.3) is 0 Å². The summed E-state index contributed by atoms with van der Waals surface area (Å²) in [5.41, 5.74) is 7.05. The zero-order valence-electron chi connectivity index (χ0n) is 9.10. The third kappa shape index (κ3) is 3.14. The monoisotopic (exact) mass is 249 g/mol. The van der Waals surface area contributed by atoms with Crippen LogP contribution in [0, 0.1) is 5.82 Å². The fourth-order valence-electron chi connectivity index (χ4n) is 1.43. The predicted octanol–water partition coefficient (Wildman–Crippen LogP) is 2.72. The van der Waals surface area contributed by atoms with Crippen LogP contribution in [0.1, 0.15) is 5.56 Å². The number of anilines is 1. The summed E-state index contributed by atoms with van der Waals surface area (Å²) >= 11 is 0. The summed E-state index contributed by atoms with van der Waals surface area (Å²) < 4.78 is 24.7. The van der Waals surface area contributed by atoms with Gasteiger partial charge in [0, 0.05) is 10.6 Å². The van der Waals surface area contributed by atoms with E-state index in [0.717, 1.165) is 10.5 Å². The van der Waals surface area contributed by atoms with Crippen LogP contribution in [0.2, 0.25) is 0 Å². The van der Waals surface area contributed by atoms with Crippen molar-refractivity contribution >= 4 is 16.5 Å². The molecule has 0 aliphatic rings. The first kappa shape index (κ1) is 11.8. The van der Waals surface area contributed by atoms with Crippen molar-refractivity contribution in [3.8, 4) is 0 Å². The average molecular weight is 249 g/mol. The van der Waals surface area contributed by atoms with Crippen molar-refractivity contribution in [1.82, 2.24) is 0 Å². The van der Waals surface area contributed by atoms with Crippen LogP contribution < -0.4 is 5.73 Å². The Labute approximate surface area is 102 Å². The first-order valence-corrected chi connectivity index (χ1v) is 6.45. The predicted molar refractivity (Wildman–Crippen MR) is 67.4 cm³/mol. The minimum atomic E-state index is -1.13. The minimum absolute atomic E-state index is 0.285. The Balaban J connectivity index is 2.11. The number of halogens is 1. The maximum atomic E-state index is 12.7. The van der Waals surface area contributed by atoms with Crippen molar-refractivity contribution in [3.63, 3.8) is 0 Å². The van der Waals surface area contributed by atoms with Crippen LogP contribution in [-0.4, -0.2) is 4.21 Å². The molecule has 4 heteroatoms. The Morgan fingerprint density at radius 3 is 2.18 bits per heavy atom. The van der Waals surface area contributed by atoms with E-state index in [0.29, 0.717) is 11.4 Å². The summed E-state index contributed by atoms with van der Waals surface area (Å²) in [6.07, 6.45) is 0. The molecule has 0 heterocycles. The molecule has 0 radical (unpaired) electrons. The second-order valence-corrected chi connectivity index (χ2v) is 5.14. The molecule has 1 unspecified atom stereocenters. The van der Waals surface area contributed by atoms with Gasteiger partial charge in [0.2, 0.25) is 0 Å². The summed E-state index contributed by atoms with van der Waals surface area (Å²) in [5.74, 6) is 0.0940. The Hall–Kier alpha value is -1.68.